The first-order chi connectivity index (χ1) is 13.0. The maximum atomic E-state index is 12.4. The SMILES string of the molecule is CC(Sc1nnc(-c2ccccc2Br)n1N)C(=O)NCc1ccc(Cl)cc1. The predicted octanol–water partition coefficient (Wildman–Crippen LogP) is 3.87. The number of nitrogens with two attached hydrogens (primary N) is 1. The number of halogens is 2. The second-order valence-corrected chi connectivity index (χ2v) is 8.36. The topological polar surface area (TPSA) is 85.8 Å². The smallest absolute Gasteiger partial charge is 0.233 e. The first-order valence-corrected chi connectivity index (χ1v) is 10.1. The summed E-state index contributed by atoms with van der Waals surface area (Å²) >= 11 is 10.6. The van der Waals surface area contributed by atoms with Gasteiger partial charge < -0.3 is 11.2 Å². The molecule has 0 spiro atoms. The minimum absolute atomic E-state index is 0.111. The van der Waals surface area contributed by atoms with Gasteiger partial charge in [-0.3, -0.25) is 4.79 Å². The lowest BCUT2D eigenvalue weighted by Gasteiger charge is -2.12. The summed E-state index contributed by atoms with van der Waals surface area (Å²) in [5.41, 5.74) is 1.81. The highest BCUT2D eigenvalue weighted by Gasteiger charge is 2.20. The lowest BCUT2D eigenvalue weighted by Crippen LogP contribution is -2.30. The van der Waals surface area contributed by atoms with Crippen molar-refractivity contribution in [2.75, 3.05) is 5.84 Å². The zero-order chi connectivity index (χ0) is 19.4. The fraction of sp³-hybridized carbons (Fsp3) is 0.167. The van der Waals surface area contributed by atoms with E-state index >= 15 is 0 Å². The molecule has 1 heterocycles. The van der Waals surface area contributed by atoms with Gasteiger partial charge in [0.15, 0.2) is 5.82 Å². The molecule has 0 aliphatic carbocycles. The number of nitrogen functional groups attached to an aromatic ring is 1. The van der Waals surface area contributed by atoms with Crippen LogP contribution in [0.3, 0.4) is 0 Å². The van der Waals surface area contributed by atoms with Crippen molar-refractivity contribution in [3.05, 3.63) is 63.6 Å². The molecule has 2 aromatic carbocycles. The Kier molecular flexibility index (Phi) is 6.41. The van der Waals surface area contributed by atoms with E-state index in [0.717, 1.165) is 15.6 Å². The van der Waals surface area contributed by atoms with Gasteiger partial charge in [-0.1, -0.05) is 63.6 Å². The van der Waals surface area contributed by atoms with Crippen LogP contribution in [0.4, 0.5) is 0 Å². The van der Waals surface area contributed by atoms with Gasteiger partial charge in [0.2, 0.25) is 11.1 Å². The Hall–Kier alpha value is -2.03. The summed E-state index contributed by atoms with van der Waals surface area (Å²) in [4.78, 5) is 12.4. The maximum Gasteiger partial charge on any atom is 0.233 e. The van der Waals surface area contributed by atoms with Gasteiger partial charge >= 0.3 is 0 Å². The summed E-state index contributed by atoms with van der Waals surface area (Å²) in [6, 6.07) is 14.9. The summed E-state index contributed by atoms with van der Waals surface area (Å²) in [7, 11) is 0. The van der Waals surface area contributed by atoms with Gasteiger partial charge in [0.05, 0.1) is 5.25 Å². The first-order valence-electron chi connectivity index (χ1n) is 8.10. The normalized spacial score (nSPS) is 12.0. The molecule has 3 rings (SSSR count). The van der Waals surface area contributed by atoms with Crippen LogP contribution in [0.1, 0.15) is 12.5 Å². The van der Waals surface area contributed by atoms with Crippen molar-refractivity contribution in [1.29, 1.82) is 0 Å². The molecule has 0 bridgehead atoms. The van der Waals surface area contributed by atoms with E-state index in [1.165, 1.54) is 16.4 Å². The second-order valence-electron chi connectivity index (χ2n) is 5.76. The van der Waals surface area contributed by atoms with Gasteiger partial charge in [-0.05, 0) is 36.8 Å². The molecule has 140 valence electrons. The van der Waals surface area contributed by atoms with Crippen molar-refractivity contribution in [3.63, 3.8) is 0 Å². The number of hydrogen-bond donors (Lipinski definition) is 2. The van der Waals surface area contributed by atoms with E-state index in [1.54, 1.807) is 19.1 Å². The summed E-state index contributed by atoms with van der Waals surface area (Å²) in [6.45, 7) is 2.23. The van der Waals surface area contributed by atoms with Crippen molar-refractivity contribution < 1.29 is 4.79 Å². The lowest BCUT2D eigenvalue weighted by molar-refractivity contribution is -0.120. The fourth-order valence-corrected chi connectivity index (χ4v) is 3.71. The Morgan fingerprint density at radius 2 is 1.96 bits per heavy atom. The number of aromatic nitrogens is 3. The number of benzene rings is 2. The van der Waals surface area contributed by atoms with Gasteiger partial charge in [-0.15, -0.1) is 10.2 Å². The van der Waals surface area contributed by atoms with E-state index in [-0.39, 0.29) is 11.2 Å². The first kappa shape index (κ1) is 19.7. The molecule has 0 saturated heterocycles. The van der Waals surface area contributed by atoms with Crippen LogP contribution in [0.2, 0.25) is 5.02 Å². The van der Waals surface area contributed by atoms with E-state index < -0.39 is 0 Å². The zero-order valence-corrected chi connectivity index (χ0v) is 17.6. The average molecular weight is 467 g/mol. The highest BCUT2D eigenvalue weighted by Crippen LogP contribution is 2.29. The van der Waals surface area contributed by atoms with Crippen molar-refractivity contribution in [3.8, 4) is 11.4 Å². The van der Waals surface area contributed by atoms with Crippen LogP contribution >= 0.6 is 39.3 Å². The molecular weight excluding hydrogens is 450 g/mol. The number of carbonyl (C=O) groups excluding carboxylic acids is 1. The predicted molar refractivity (Wildman–Crippen MR) is 112 cm³/mol. The minimum atomic E-state index is -0.379. The van der Waals surface area contributed by atoms with Crippen LogP contribution in [0.5, 0.6) is 0 Å². The fourth-order valence-electron chi connectivity index (χ4n) is 2.33. The van der Waals surface area contributed by atoms with Gasteiger partial charge in [-0.25, -0.2) is 4.68 Å². The Morgan fingerprint density at radius 1 is 1.26 bits per heavy atom. The highest BCUT2D eigenvalue weighted by molar-refractivity contribution is 9.10. The molecule has 9 heteroatoms. The van der Waals surface area contributed by atoms with Crippen LogP contribution in [-0.2, 0) is 11.3 Å². The summed E-state index contributed by atoms with van der Waals surface area (Å²) in [5.74, 6) is 6.55. The highest BCUT2D eigenvalue weighted by atomic mass is 79.9. The number of carbonyl (C=O) groups is 1. The molecule has 1 unspecified atom stereocenters. The van der Waals surface area contributed by atoms with Crippen LogP contribution in [0.15, 0.2) is 58.2 Å². The largest absolute Gasteiger partial charge is 0.351 e. The van der Waals surface area contributed by atoms with Crippen molar-refractivity contribution in [1.82, 2.24) is 20.2 Å². The van der Waals surface area contributed by atoms with E-state index in [0.29, 0.717) is 22.5 Å². The number of thioether (sulfide) groups is 1. The van der Waals surface area contributed by atoms with Gasteiger partial charge in [-0.2, -0.15) is 0 Å². The number of hydrogen-bond acceptors (Lipinski definition) is 5. The van der Waals surface area contributed by atoms with E-state index in [4.69, 9.17) is 17.4 Å². The summed E-state index contributed by atoms with van der Waals surface area (Å²) in [5, 5.41) is 11.9. The van der Waals surface area contributed by atoms with Crippen molar-refractivity contribution in [2.45, 2.75) is 23.9 Å². The zero-order valence-electron chi connectivity index (χ0n) is 14.4. The third-order valence-electron chi connectivity index (χ3n) is 3.81. The Bertz CT molecular complexity index is 947. The molecular formula is C18H17BrClN5OS. The summed E-state index contributed by atoms with van der Waals surface area (Å²) in [6.07, 6.45) is 0. The number of rotatable bonds is 6. The summed E-state index contributed by atoms with van der Waals surface area (Å²) < 4.78 is 2.27. The van der Waals surface area contributed by atoms with E-state index in [2.05, 4.69) is 31.4 Å². The number of amides is 1. The standard InChI is InChI=1S/C18H17BrClN5OS/c1-11(17(26)22-10-12-6-8-13(20)9-7-12)27-18-24-23-16(25(18)21)14-4-2-3-5-15(14)19/h2-9,11H,10,21H2,1H3,(H,22,26). The minimum Gasteiger partial charge on any atom is -0.351 e. The molecule has 0 fully saturated rings. The monoisotopic (exact) mass is 465 g/mol. The maximum absolute atomic E-state index is 12.4. The van der Waals surface area contributed by atoms with Crippen LogP contribution in [0, 0.1) is 0 Å². The quantitative estimate of drug-likeness (QED) is 0.425. The van der Waals surface area contributed by atoms with Crippen molar-refractivity contribution >= 4 is 45.2 Å². The lowest BCUT2D eigenvalue weighted by atomic mass is 10.2. The molecule has 3 aromatic rings. The third-order valence-corrected chi connectivity index (χ3v) is 5.81. The molecule has 1 atom stereocenters. The Balaban J connectivity index is 1.64. The molecule has 0 aliphatic heterocycles. The van der Waals surface area contributed by atoms with Gasteiger partial charge in [0.25, 0.3) is 0 Å². The molecule has 1 amide bonds. The Labute approximate surface area is 174 Å². The number of nitrogens with one attached hydrogen (secondary N) is 1. The molecule has 0 radical (unpaired) electrons. The molecule has 3 N–H and O–H groups in total. The molecule has 6 nitrogen and oxygen atoms in total. The van der Waals surface area contributed by atoms with Crippen molar-refractivity contribution in [2.24, 2.45) is 0 Å². The van der Waals surface area contributed by atoms with E-state index in [9.17, 15) is 4.79 Å². The van der Waals surface area contributed by atoms with Crippen LogP contribution < -0.4 is 11.2 Å². The molecule has 0 aliphatic rings. The second kappa shape index (κ2) is 8.77. The third kappa shape index (κ3) is 4.82. The van der Waals surface area contributed by atoms with Gasteiger partial charge in [0, 0.05) is 21.6 Å². The molecule has 27 heavy (non-hydrogen) atoms. The van der Waals surface area contributed by atoms with E-state index in [1.807, 2.05) is 36.4 Å². The molecule has 0 saturated carbocycles. The van der Waals surface area contributed by atoms with Gasteiger partial charge in [0.1, 0.15) is 0 Å². The van der Waals surface area contributed by atoms with Crippen LogP contribution in [0.25, 0.3) is 11.4 Å². The average Bonchev–Trinajstić information content (AvgIpc) is 3.01. The molecule has 1 aromatic heterocycles. The Morgan fingerprint density at radius 3 is 2.67 bits per heavy atom. The van der Waals surface area contributed by atoms with Crippen LogP contribution in [-0.4, -0.2) is 26.0 Å². The number of nitrogens with zero attached hydrogens (tertiary/aromatic N) is 3.